The fourth-order valence-electron chi connectivity index (χ4n) is 1.90. The third-order valence-electron chi connectivity index (χ3n) is 2.65. The van der Waals surface area contributed by atoms with Crippen LogP contribution in [0.2, 0.25) is 0 Å². The van der Waals surface area contributed by atoms with Gasteiger partial charge in [0.25, 0.3) is 0 Å². The predicted octanol–water partition coefficient (Wildman–Crippen LogP) is 2.15. The Morgan fingerprint density at radius 3 is 2.87 bits per heavy atom. The monoisotopic (exact) mass is 204 g/mol. The fourth-order valence-corrected chi connectivity index (χ4v) is 1.90. The van der Waals surface area contributed by atoms with Gasteiger partial charge in [0, 0.05) is 5.39 Å². The molecule has 15 heavy (non-hydrogen) atoms. The van der Waals surface area contributed by atoms with E-state index in [0.29, 0.717) is 12.5 Å². The SMILES string of the molecule is CC(C)c1cccc2c1cnn2CCO. The van der Waals surface area contributed by atoms with Crippen LogP contribution in [-0.2, 0) is 6.54 Å². The fraction of sp³-hybridized carbons (Fsp3) is 0.417. The highest BCUT2D eigenvalue weighted by Crippen LogP contribution is 2.24. The van der Waals surface area contributed by atoms with Gasteiger partial charge in [-0.05, 0) is 17.5 Å². The van der Waals surface area contributed by atoms with E-state index in [2.05, 4.69) is 25.0 Å². The summed E-state index contributed by atoms with van der Waals surface area (Å²) in [5.41, 5.74) is 2.42. The average molecular weight is 204 g/mol. The molecule has 1 aromatic carbocycles. The molecule has 0 amide bonds. The molecule has 0 fully saturated rings. The van der Waals surface area contributed by atoms with Crippen LogP contribution in [0.4, 0.5) is 0 Å². The first kappa shape index (κ1) is 10.2. The lowest BCUT2D eigenvalue weighted by Gasteiger charge is -2.07. The summed E-state index contributed by atoms with van der Waals surface area (Å²) >= 11 is 0. The lowest BCUT2D eigenvalue weighted by atomic mass is 10.00. The molecule has 0 aliphatic rings. The van der Waals surface area contributed by atoms with E-state index in [0.717, 1.165) is 5.52 Å². The standard InChI is InChI=1S/C12H16N2O/c1-9(2)10-4-3-5-12-11(10)8-13-14(12)6-7-15/h3-5,8-9,15H,6-7H2,1-2H3. The number of aliphatic hydroxyl groups excluding tert-OH is 1. The quantitative estimate of drug-likeness (QED) is 0.832. The first-order valence-corrected chi connectivity index (χ1v) is 5.29. The van der Waals surface area contributed by atoms with E-state index < -0.39 is 0 Å². The van der Waals surface area contributed by atoms with E-state index in [4.69, 9.17) is 5.11 Å². The van der Waals surface area contributed by atoms with Crippen LogP contribution in [0.25, 0.3) is 10.9 Å². The van der Waals surface area contributed by atoms with Gasteiger partial charge < -0.3 is 5.11 Å². The topological polar surface area (TPSA) is 38.0 Å². The highest BCUT2D eigenvalue weighted by Gasteiger charge is 2.08. The molecule has 0 aliphatic heterocycles. The molecule has 0 saturated heterocycles. The molecule has 1 heterocycles. The molecule has 1 N–H and O–H groups in total. The normalized spacial score (nSPS) is 11.5. The second-order valence-corrected chi connectivity index (χ2v) is 4.03. The van der Waals surface area contributed by atoms with Crippen LogP contribution >= 0.6 is 0 Å². The Labute approximate surface area is 89.3 Å². The van der Waals surface area contributed by atoms with Crippen LogP contribution in [0, 0.1) is 0 Å². The zero-order valence-electron chi connectivity index (χ0n) is 9.14. The van der Waals surface area contributed by atoms with Crippen LogP contribution in [-0.4, -0.2) is 21.5 Å². The maximum Gasteiger partial charge on any atom is 0.0686 e. The molecule has 0 spiro atoms. The van der Waals surface area contributed by atoms with E-state index in [1.54, 1.807) is 0 Å². The zero-order chi connectivity index (χ0) is 10.8. The number of rotatable bonds is 3. The smallest absolute Gasteiger partial charge is 0.0686 e. The first-order chi connectivity index (χ1) is 7.24. The van der Waals surface area contributed by atoms with Gasteiger partial charge in [0.05, 0.1) is 24.9 Å². The van der Waals surface area contributed by atoms with Gasteiger partial charge in [-0.1, -0.05) is 26.0 Å². The molecule has 0 atom stereocenters. The van der Waals surface area contributed by atoms with Gasteiger partial charge in [-0.25, -0.2) is 0 Å². The van der Waals surface area contributed by atoms with Gasteiger partial charge in [-0.15, -0.1) is 0 Å². The summed E-state index contributed by atoms with van der Waals surface area (Å²) in [6.45, 7) is 5.05. The van der Waals surface area contributed by atoms with Crippen molar-refractivity contribution in [3.05, 3.63) is 30.0 Å². The first-order valence-electron chi connectivity index (χ1n) is 5.29. The second kappa shape index (κ2) is 4.03. The third kappa shape index (κ3) is 1.75. The molecule has 0 saturated carbocycles. The van der Waals surface area contributed by atoms with E-state index >= 15 is 0 Å². The molecule has 1 aromatic heterocycles. The van der Waals surface area contributed by atoms with Crippen LogP contribution in [0.1, 0.15) is 25.3 Å². The van der Waals surface area contributed by atoms with Gasteiger partial charge in [0.1, 0.15) is 0 Å². The minimum absolute atomic E-state index is 0.128. The number of hydrogen-bond acceptors (Lipinski definition) is 2. The molecule has 0 radical (unpaired) electrons. The molecule has 2 rings (SSSR count). The van der Waals surface area contributed by atoms with Gasteiger partial charge in [-0.2, -0.15) is 5.10 Å². The van der Waals surface area contributed by atoms with Gasteiger partial charge >= 0.3 is 0 Å². The Bertz CT molecular complexity index is 460. The van der Waals surface area contributed by atoms with Gasteiger partial charge in [0.15, 0.2) is 0 Å². The van der Waals surface area contributed by atoms with Gasteiger partial charge in [-0.3, -0.25) is 4.68 Å². The number of aromatic nitrogens is 2. The molecule has 80 valence electrons. The summed E-state index contributed by atoms with van der Waals surface area (Å²) in [6.07, 6.45) is 1.89. The minimum Gasteiger partial charge on any atom is -0.394 e. The Balaban J connectivity index is 2.58. The van der Waals surface area contributed by atoms with Gasteiger partial charge in [0.2, 0.25) is 0 Å². The van der Waals surface area contributed by atoms with Crippen LogP contribution in [0.15, 0.2) is 24.4 Å². The van der Waals surface area contributed by atoms with E-state index in [9.17, 15) is 0 Å². The second-order valence-electron chi connectivity index (χ2n) is 4.03. The molecule has 0 bridgehead atoms. The molecule has 3 nitrogen and oxygen atoms in total. The van der Waals surface area contributed by atoms with Crippen molar-refractivity contribution in [3.63, 3.8) is 0 Å². The summed E-state index contributed by atoms with van der Waals surface area (Å²) in [5.74, 6) is 0.500. The number of nitrogens with zero attached hydrogens (tertiary/aromatic N) is 2. The van der Waals surface area contributed by atoms with Crippen molar-refractivity contribution < 1.29 is 5.11 Å². The highest BCUT2D eigenvalue weighted by molar-refractivity contribution is 5.82. The largest absolute Gasteiger partial charge is 0.394 e. The molecule has 2 aromatic rings. The lowest BCUT2D eigenvalue weighted by molar-refractivity contribution is 0.271. The number of aliphatic hydroxyl groups is 1. The molecule has 3 heteroatoms. The summed E-state index contributed by atoms with van der Waals surface area (Å²) in [7, 11) is 0. The van der Waals surface area contributed by atoms with Crippen molar-refractivity contribution in [1.82, 2.24) is 9.78 Å². The minimum atomic E-state index is 0.128. The zero-order valence-corrected chi connectivity index (χ0v) is 9.14. The maximum absolute atomic E-state index is 8.92. The Hall–Kier alpha value is -1.35. The Kier molecular flexibility index (Phi) is 2.73. The molecule has 0 aliphatic carbocycles. The Morgan fingerprint density at radius 2 is 2.20 bits per heavy atom. The summed E-state index contributed by atoms with van der Waals surface area (Å²) in [6, 6.07) is 6.23. The number of hydrogen-bond donors (Lipinski definition) is 1. The van der Waals surface area contributed by atoms with Crippen LogP contribution in [0.3, 0.4) is 0 Å². The summed E-state index contributed by atoms with van der Waals surface area (Å²) in [5, 5.41) is 14.4. The maximum atomic E-state index is 8.92. The molecular weight excluding hydrogens is 188 g/mol. The van der Waals surface area contributed by atoms with Crippen LogP contribution < -0.4 is 0 Å². The van der Waals surface area contributed by atoms with Crippen molar-refractivity contribution in [2.24, 2.45) is 0 Å². The van der Waals surface area contributed by atoms with E-state index in [1.807, 2.05) is 23.0 Å². The van der Waals surface area contributed by atoms with Crippen molar-refractivity contribution in [2.75, 3.05) is 6.61 Å². The van der Waals surface area contributed by atoms with Crippen molar-refractivity contribution in [2.45, 2.75) is 26.3 Å². The van der Waals surface area contributed by atoms with Crippen LogP contribution in [0.5, 0.6) is 0 Å². The van der Waals surface area contributed by atoms with Crippen molar-refractivity contribution >= 4 is 10.9 Å². The van der Waals surface area contributed by atoms with Crippen molar-refractivity contribution in [1.29, 1.82) is 0 Å². The number of benzene rings is 1. The number of fused-ring (bicyclic) bond motifs is 1. The summed E-state index contributed by atoms with van der Waals surface area (Å²) in [4.78, 5) is 0. The lowest BCUT2D eigenvalue weighted by Crippen LogP contribution is -2.03. The summed E-state index contributed by atoms with van der Waals surface area (Å²) < 4.78 is 1.85. The predicted molar refractivity (Wildman–Crippen MR) is 60.9 cm³/mol. The van der Waals surface area contributed by atoms with E-state index in [1.165, 1.54) is 10.9 Å². The average Bonchev–Trinajstić information content (AvgIpc) is 2.62. The molecular formula is C12H16N2O. The third-order valence-corrected chi connectivity index (χ3v) is 2.65. The Morgan fingerprint density at radius 1 is 1.40 bits per heavy atom. The molecule has 0 unspecified atom stereocenters. The van der Waals surface area contributed by atoms with E-state index in [-0.39, 0.29) is 6.61 Å². The van der Waals surface area contributed by atoms with Crippen molar-refractivity contribution in [3.8, 4) is 0 Å². The highest BCUT2D eigenvalue weighted by atomic mass is 16.3.